The Morgan fingerprint density at radius 1 is 1.17 bits per heavy atom. The molecule has 3 aromatic carbocycles. The Hall–Kier alpha value is -3.04. The van der Waals surface area contributed by atoms with Crippen LogP contribution in [0.4, 0.5) is 17.1 Å². The Morgan fingerprint density at radius 3 is 2.62 bits per heavy atom. The maximum absolute atomic E-state index is 10.0. The molecule has 147 valence electrons. The molecule has 2 aliphatic heterocycles. The first-order chi connectivity index (χ1) is 13.5. The Balaban J connectivity index is 0.000000263. The predicted octanol–water partition coefficient (Wildman–Crippen LogP) is 5.08. The number of ether oxygens (including phenoxy) is 1. The number of allylic oxidation sites excluding steroid dienone is 2. The van der Waals surface area contributed by atoms with Gasteiger partial charge in [-0.15, -0.1) is 17.5 Å². The van der Waals surface area contributed by atoms with Crippen molar-refractivity contribution < 1.29 is 39.3 Å². The molecule has 0 fully saturated rings. The molecule has 0 unspecified atom stereocenters. The van der Waals surface area contributed by atoms with E-state index < -0.39 is 0 Å². The van der Waals surface area contributed by atoms with Crippen molar-refractivity contribution in [2.24, 2.45) is 0 Å². The summed E-state index contributed by atoms with van der Waals surface area (Å²) in [5.41, 5.74) is 3.05. The van der Waals surface area contributed by atoms with Crippen LogP contribution in [0, 0.1) is 6.07 Å². The molecule has 1 radical (unpaired) electrons. The number of rotatable bonds is 1. The van der Waals surface area contributed by atoms with Crippen LogP contribution in [0.2, 0.25) is 0 Å². The number of hydrogen-bond acceptors (Lipinski definition) is 3. The van der Waals surface area contributed by atoms with E-state index in [0.717, 1.165) is 39.3 Å². The first kappa shape index (κ1) is 20.7. The van der Waals surface area contributed by atoms with E-state index in [1.165, 1.54) is 19.9 Å². The number of para-hydroxylation sites is 1. The zero-order valence-electron chi connectivity index (χ0n) is 16.2. The van der Waals surface area contributed by atoms with E-state index in [1.54, 1.807) is 0 Å². The molecule has 6 heteroatoms. The van der Waals surface area contributed by atoms with Crippen LogP contribution in [0.3, 0.4) is 0 Å². The fourth-order valence-electron chi connectivity index (χ4n) is 3.35. The number of nitrogens with zero attached hydrogens (tertiary/aromatic N) is 2. The van der Waals surface area contributed by atoms with Crippen molar-refractivity contribution in [3.63, 3.8) is 0 Å². The van der Waals surface area contributed by atoms with Crippen LogP contribution in [0.5, 0.6) is 11.5 Å². The average molecular weight is 564 g/mol. The van der Waals surface area contributed by atoms with Gasteiger partial charge in [-0.2, -0.15) is 6.07 Å². The van der Waals surface area contributed by atoms with Crippen LogP contribution in [-0.2, 0) is 24.9 Å². The molecule has 0 spiro atoms. The summed E-state index contributed by atoms with van der Waals surface area (Å²) in [6.45, 7) is 2.85. The van der Waals surface area contributed by atoms with E-state index >= 15 is 0 Å². The van der Waals surface area contributed by atoms with E-state index in [-0.39, 0.29) is 31.6 Å². The average Bonchev–Trinajstić information content (AvgIpc) is 3.00. The molecule has 0 aromatic heterocycles. The minimum absolute atomic E-state index is 0. The molecule has 5 nitrogen and oxygen atoms in total. The van der Waals surface area contributed by atoms with Crippen molar-refractivity contribution in [2.75, 3.05) is 7.05 Å². The van der Waals surface area contributed by atoms with Gasteiger partial charge in [-0.3, -0.25) is 4.79 Å². The van der Waals surface area contributed by atoms with Gasteiger partial charge in [0.2, 0.25) is 0 Å². The number of carbonyl (C=O) groups excluding carboxylic acids is 1. The van der Waals surface area contributed by atoms with E-state index in [0.29, 0.717) is 0 Å². The van der Waals surface area contributed by atoms with Crippen LogP contribution >= 0.6 is 0 Å². The van der Waals surface area contributed by atoms with E-state index in [9.17, 15) is 4.79 Å². The summed E-state index contributed by atoms with van der Waals surface area (Å²) >= 11 is 0. The number of ketones is 1. The molecule has 0 saturated heterocycles. The third-order valence-corrected chi connectivity index (χ3v) is 4.45. The first-order valence-electron chi connectivity index (χ1n) is 8.88. The molecular formula is C23H19IrN2O3+. The fraction of sp³-hybridized carbons (Fsp3) is 0.130. The van der Waals surface area contributed by atoms with Crippen molar-refractivity contribution in [1.82, 2.24) is 4.58 Å². The van der Waals surface area contributed by atoms with Crippen LogP contribution in [0.25, 0.3) is 10.8 Å². The first-order valence-corrected chi connectivity index (χ1v) is 8.88. The van der Waals surface area contributed by atoms with E-state index in [1.807, 2.05) is 46.5 Å². The summed E-state index contributed by atoms with van der Waals surface area (Å²) in [6, 6.07) is 23.0. The molecule has 0 atom stereocenters. The summed E-state index contributed by atoms with van der Waals surface area (Å²) in [4.78, 5) is 10.0. The molecule has 2 heterocycles. The molecular weight excluding hydrogens is 544 g/mol. The van der Waals surface area contributed by atoms with Gasteiger partial charge < -0.3 is 9.84 Å². The molecule has 3 aromatic rings. The van der Waals surface area contributed by atoms with Gasteiger partial charge in [0, 0.05) is 32.2 Å². The third-order valence-electron chi connectivity index (χ3n) is 4.45. The summed E-state index contributed by atoms with van der Waals surface area (Å²) in [5, 5.41) is 10.6. The number of fused-ring (bicyclic) bond motifs is 4. The number of carbonyl (C=O) groups is 1. The summed E-state index contributed by atoms with van der Waals surface area (Å²) in [6.07, 6.45) is 1.17. The van der Waals surface area contributed by atoms with Gasteiger partial charge in [-0.25, -0.2) is 0 Å². The standard InChI is InChI=1S/C18H11N2O.C5H8O2.Ir/c1-19-11-20-15-10-9-12-5-2-3-6-13(12)18(15)21-16-8-4-7-14(19)17(16)20;1-4(6)3-5(2)7;/h2-9H,1H3;3,6H,1-2H3;/q+1;;/b;4-3-;. The number of benzene rings is 3. The van der Waals surface area contributed by atoms with Gasteiger partial charge >= 0.3 is 11.7 Å². The zero-order chi connectivity index (χ0) is 19.8. The molecule has 0 amide bonds. The Kier molecular flexibility index (Phi) is 5.81. The smallest absolute Gasteiger partial charge is 0.494 e. The van der Waals surface area contributed by atoms with Crippen LogP contribution in [0.1, 0.15) is 13.8 Å². The topological polar surface area (TPSA) is 52.5 Å². The molecule has 2 aliphatic rings. The SMILES string of the molecule is CC(=O)/C=C(/C)O.C[N+]1=C=[N+]2c3[c-]cc4ccccc4c3Oc3cccc1c32.[Ir]. The zero-order valence-corrected chi connectivity index (χ0v) is 18.6. The Bertz CT molecular complexity index is 1230. The van der Waals surface area contributed by atoms with Gasteiger partial charge in [0.15, 0.2) is 24.3 Å². The molecule has 0 saturated carbocycles. The number of hydrogen-bond donors (Lipinski definition) is 1. The van der Waals surface area contributed by atoms with E-state index in [2.05, 4.69) is 30.3 Å². The monoisotopic (exact) mass is 564 g/mol. The van der Waals surface area contributed by atoms with Gasteiger partial charge in [-0.1, -0.05) is 38.8 Å². The number of aliphatic hydroxyl groups is 1. The third kappa shape index (κ3) is 3.78. The van der Waals surface area contributed by atoms with Crippen molar-refractivity contribution in [1.29, 1.82) is 0 Å². The minimum Gasteiger partial charge on any atom is -0.512 e. The van der Waals surface area contributed by atoms with Gasteiger partial charge in [0.1, 0.15) is 0 Å². The maximum atomic E-state index is 10.0. The Labute approximate surface area is 182 Å². The van der Waals surface area contributed by atoms with Crippen molar-refractivity contribution >= 4 is 39.6 Å². The van der Waals surface area contributed by atoms with Crippen molar-refractivity contribution in [3.05, 3.63) is 66.4 Å². The van der Waals surface area contributed by atoms with Crippen LogP contribution < -0.4 is 9.31 Å². The van der Waals surface area contributed by atoms with Crippen molar-refractivity contribution in [2.45, 2.75) is 13.8 Å². The molecule has 29 heavy (non-hydrogen) atoms. The Morgan fingerprint density at radius 2 is 1.93 bits per heavy atom. The minimum atomic E-state index is -0.125. The maximum Gasteiger partial charge on any atom is 0.494 e. The number of aliphatic hydroxyl groups excluding tert-OH is 1. The predicted molar refractivity (Wildman–Crippen MR) is 109 cm³/mol. The van der Waals surface area contributed by atoms with Crippen LogP contribution in [0.15, 0.2) is 60.4 Å². The van der Waals surface area contributed by atoms with Crippen molar-refractivity contribution in [3.8, 4) is 11.5 Å². The summed E-state index contributed by atoms with van der Waals surface area (Å²) < 4.78 is 10.2. The quantitative estimate of drug-likeness (QED) is 0.152. The summed E-state index contributed by atoms with van der Waals surface area (Å²) in [5.74, 6) is 1.65. The second kappa shape index (κ2) is 8.14. The molecule has 5 rings (SSSR count). The molecule has 0 aliphatic carbocycles. The fourth-order valence-corrected chi connectivity index (χ4v) is 3.35. The largest absolute Gasteiger partial charge is 0.512 e. The van der Waals surface area contributed by atoms with Gasteiger partial charge in [-0.05, 0) is 19.9 Å². The molecule has 1 N–H and O–H groups in total. The summed E-state index contributed by atoms with van der Waals surface area (Å²) in [7, 11) is 1.99. The second-order valence-corrected chi connectivity index (χ2v) is 6.67. The normalized spacial score (nSPS) is 13.0. The molecule has 0 bridgehead atoms. The van der Waals surface area contributed by atoms with Crippen LogP contribution in [-0.4, -0.2) is 28.5 Å². The second-order valence-electron chi connectivity index (χ2n) is 6.67. The van der Waals surface area contributed by atoms with Gasteiger partial charge in [0.25, 0.3) is 5.69 Å². The van der Waals surface area contributed by atoms with Gasteiger partial charge in [0.05, 0.1) is 11.5 Å². The van der Waals surface area contributed by atoms with E-state index in [4.69, 9.17) is 9.84 Å².